The van der Waals surface area contributed by atoms with Gasteiger partial charge >= 0.3 is 5.97 Å². The number of ether oxygens (including phenoxy) is 4. The number of carbonyl (C=O) groups excluding carboxylic acids is 1. The first-order valence-corrected chi connectivity index (χ1v) is 10.8. The minimum atomic E-state index is -0.588. The molecule has 0 bridgehead atoms. The first-order chi connectivity index (χ1) is 14.0. The van der Waals surface area contributed by atoms with Crippen LogP contribution in [0.25, 0.3) is 0 Å². The SMILES string of the molecule is COCO[C@@H]1C[C@H](C/C=C/I)OC(=O)c2c(ccc(F)c2OC)C/C=C/C[C@@H]1C. The molecule has 0 N–H and O–H groups in total. The molecule has 1 aliphatic rings. The van der Waals surface area contributed by atoms with E-state index in [1.54, 1.807) is 13.2 Å². The summed E-state index contributed by atoms with van der Waals surface area (Å²) in [7, 11) is 2.93. The average molecular weight is 518 g/mol. The molecule has 5 nitrogen and oxygen atoms in total. The summed E-state index contributed by atoms with van der Waals surface area (Å²) >= 11 is 2.13. The van der Waals surface area contributed by atoms with Gasteiger partial charge < -0.3 is 18.9 Å². The molecule has 0 aromatic heterocycles. The molecule has 0 radical (unpaired) electrons. The highest BCUT2D eigenvalue weighted by molar-refractivity contribution is 14.1. The van der Waals surface area contributed by atoms with Crippen molar-refractivity contribution in [1.29, 1.82) is 0 Å². The number of methoxy groups -OCH3 is 2. The average Bonchev–Trinajstić information content (AvgIpc) is 2.71. The van der Waals surface area contributed by atoms with Gasteiger partial charge in [0.15, 0.2) is 11.6 Å². The first-order valence-electron chi connectivity index (χ1n) is 9.58. The topological polar surface area (TPSA) is 54.0 Å². The van der Waals surface area contributed by atoms with Gasteiger partial charge in [-0.3, -0.25) is 0 Å². The van der Waals surface area contributed by atoms with Crippen molar-refractivity contribution in [3.63, 3.8) is 0 Å². The van der Waals surface area contributed by atoms with Crippen LogP contribution < -0.4 is 4.74 Å². The van der Waals surface area contributed by atoms with Crippen LogP contribution in [-0.4, -0.2) is 39.2 Å². The summed E-state index contributed by atoms with van der Waals surface area (Å²) in [6.07, 6.45) is 7.77. The second kappa shape index (κ2) is 12.3. The lowest BCUT2D eigenvalue weighted by atomic mass is 9.93. The number of cyclic esters (lactones) is 1. The minimum Gasteiger partial charge on any atom is -0.493 e. The highest BCUT2D eigenvalue weighted by Crippen LogP contribution is 2.30. The monoisotopic (exact) mass is 518 g/mol. The van der Waals surface area contributed by atoms with E-state index in [0.29, 0.717) is 24.8 Å². The number of hydrogen-bond acceptors (Lipinski definition) is 5. The van der Waals surface area contributed by atoms with Gasteiger partial charge in [-0.2, -0.15) is 0 Å². The van der Waals surface area contributed by atoms with Crippen molar-refractivity contribution >= 4 is 28.6 Å². The molecule has 1 heterocycles. The van der Waals surface area contributed by atoms with Gasteiger partial charge in [-0.1, -0.05) is 53.8 Å². The summed E-state index contributed by atoms with van der Waals surface area (Å²) in [5, 5.41) is 0. The van der Waals surface area contributed by atoms with E-state index in [0.717, 1.165) is 6.42 Å². The summed E-state index contributed by atoms with van der Waals surface area (Å²) in [5.41, 5.74) is 0.816. The number of hydrogen-bond donors (Lipinski definition) is 0. The Labute approximate surface area is 185 Å². The summed E-state index contributed by atoms with van der Waals surface area (Å²) in [4.78, 5) is 13.0. The fourth-order valence-electron chi connectivity index (χ4n) is 3.35. The van der Waals surface area contributed by atoms with Gasteiger partial charge in [0.2, 0.25) is 0 Å². The lowest BCUT2D eigenvalue weighted by molar-refractivity contribution is -0.102. The first kappa shape index (κ1) is 23.8. The van der Waals surface area contributed by atoms with Gasteiger partial charge in [0.05, 0.1) is 13.2 Å². The summed E-state index contributed by atoms with van der Waals surface area (Å²) < 4.78 is 38.1. The van der Waals surface area contributed by atoms with Gasteiger partial charge in [-0.05, 0) is 34.5 Å². The largest absolute Gasteiger partial charge is 0.493 e. The molecule has 0 saturated carbocycles. The molecular weight excluding hydrogens is 490 g/mol. The second-order valence-corrected chi connectivity index (χ2v) is 7.69. The van der Waals surface area contributed by atoms with Crippen molar-refractivity contribution < 1.29 is 28.1 Å². The van der Waals surface area contributed by atoms with Crippen molar-refractivity contribution in [1.82, 2.24) is 0 Å². The molecule has 1 aromatic carbocycles. The van der Waals surface area contributed by atoms with Crippen LogP contribution in [0.15, 0.2) is 34.4 Å². The summed E-state index contributed by atoms with van der Waals surface area (Å²) in [6, 6.07) is 2.93. The van der Waals surface area contributed by atoms with E-state index in [1.807, 2.05) is 16.2 Å². The molecule has 0 saturated heterocycles. The Kier molecular flexibility index (Phi) is 10.1. The smallest absolute Gasteiger partial charge is 0.342 e. The van der Waals surface area contributed by atoms with Crippen molar-refractivity contribution in [2.24, 2.45) is 5.92 Å². The highest BCUT2D eigenvalue weighted by atomic mass is 127. The van der Waals surface area contributed by atoms with Gasteiger partial charge in [0, 0.05) is 20.0 Å². The van der Waals surface area contributed by atoms with Gasteiger partial charge in [0.25, 0.3) is 0 Å². The van der Waals surface area contributed by atoms with E-state index in [-0.39, 0.29) is 30.1 Å². The fraction of sp³-hybridized carbons (Fsp3) is 0.500. The zero-order chi connectivity index (χ0) is 21.2. The number of halogens is 2. The summed E-state index contributed by atoms with van der Waals surface area (Å²) in [5.74, 6) is -1.04. The third-order valence-electron chi connectivity index (χ3n) is 4.91. The van der Waals surface area contributed by atoms with Crippen LogP contribution >= 0.6 is 22.6 Å². The fourth-order valence-corrected chi connectivity index (χ4v) is 3.64. The molecule has 0 amide bonds. The predicted molar refractivity (Wildman–Crippen MR) is 118 cm³/mol. The Morgan fingerprint density at radius 3 is 2.79 bits per heavy atom. The maximum atomic E-state index is 14.3. The minimum absolute atomic E-state index is 0.0818. The van der Waals surface area contributed by atoms with E-state index in [9.17, 15) is 9.18 Å². The van der Waals surface area contributed by atoms with Crippen molar-refractivity contribution in [3.8, 4) is 5.75 Å². The number of benzene rings is 1. The lowest BCUT2D eigenvalue weighted by Gasteiger charge is -2.28. The van der Waals surface area contributed by atoms with E-state index >= 15 is 0 Å². The molecule has 0 fully saturated rings. The number of carbonyl (C=O) groups is 1. The van der Waals surface area contributed by atoms with E-state index in [2.05, 4.69) is 35.6 Å². The van der Waals surface area contributed by atoms with Crippen molar-refractivity contribution in [3.05, 3.63) is 51.4 Å². The van der Waals surface area contributed by atoms with Crippen molar-refractivity contribution in [2.75, 3.05) is 21.0 Å². The zero-order valence-electron chi connectivity index (χ0n) is 17.0. The second-order valence-electron chi connectivity index (χ2n) is 6.98. The number of allylic oxidation sites excluding steroid dienone is 2. The molecule has 0 spiro atoms. The molecule has 1 aromatic rings. The lowest BCUT2D eigenvalue weighted by Crippen LogP contribution is -2.31. The van der Waals surface area contributed by atoms with Crippen LogP contribution in [0.2, 0.25) is 0 Å². The van der Waals surface area contributed by atoms with E-state index in [4.69, 9.17) is 18.9 Å². The van der Waals surface area contributed by atoms with Crippen LogP contribution in [0, 0.1) is 11.7 Å². The maximum Gasteiger partial charge on any atom is 0.342 e. The molecule has 3 atom stereocenters. The molecule has 1 aliphatic heterocycles. The van der Waals surface area contributed by atoms with Gasteiger partial charge in [-0.25, -0.2) is 9.18 Å². The third-order valence-corrected chi connectivity index (χ3v) is 5.42. The molecule has 160 valence electrons. The molecule has 0 unspecified atom stereocenters. The van der Waals surface area contributed by atoms with E-state index in [1.165, 1.54) is 13.2 Å². The summed E-state index contributed by atoms with van der Waals surface area (Å²) in [6.45, 7) is 2.28. The molecule has 7 heteroatoms. The number of esters is 1. The zero-order valence-corrected chi connectivity index (χ0v) is 19.2. The van der Waals surface area contributed by atoms with Crippen LogP contribution in [0.4, 0.5) is 4.39 Å². The standard InChI is InChI=1S/C22H28FIO5/c1-15-7-4-5-8-16-10-11-18(23)21(27-3)20(16)22(25)29-17(9-6-12-24)13-19(15)28-14-26-2/h4-6,10-12,15,17,19H,7-9,13-14H2,1-3H3/b5-4+,12-6+/t15-,17-,19+/m0/s1. The molecule has 0 aliphatic carbocycles. The van der Waals surface area contributed by atoms with Gasteiger partial charge in [0.1, 0.15) is 18.5 Å². The number of fused-ring (bicyclic) bond motifs is 1. The van der Waals surface area contributed by atoms with Crippen LogP contribution in [0.1, 0.15) is 42.1 Å². The van der Waals surface area contributed by atoms with Crippen LogP contribution in [0.3, 0.4) is 0 Å². The van der Waals surface area contributed by atoms with E-state index < -0.39 is 17.9 Å². The maximum absolute atomic E-state index is 14.3. The highest BCUT2D eigenvalue weighted by Gasteiger charge is 2.28. The Hall–Kier alpha value is -1.45. The Balaban J connectivity index is 2.42. The molecule has 29 heavy (non-hydrogen) atoms. The normalized spacial score (nSPS) is 24.3. The Morgan fingerprint density at radius 2 is 2.10 bits per heavy atom. The quantitative estimate of drug-likeness (QED) is 0.224. The molecular formula is C22H28FIO5. The predicted octanol–water partition coefficient (Wildman–Crippen LogP) is 5.22. The van der Waals surface area contributed by atoms with Crippen LogP contribution in [-0.2, 0) is 20.6 Å². The number of rotatable bonds is 6. The third kappa shape index (κ3) is 6.79. The Bertz CT molecular complexity index is 734. The van der Waals surface area contributed by atoms with Crippen LogP contribution in [0.5, 0.6) is 5.75 Å². The molecule has 2 rings (SSSR count). The van der Waals surface area contributed by atoms with Crippen molar-refractivity contribution in [2.45, 2.75) is 44.8 Å². The van der Waals surface area contributed by atoms with Gasteiger partial charge in [-0.15, -0.1) is 0 Å². The Morgan fingerprint density at radius 1 is 1.31 bits per heavy atom.